The second-order valence-electron chi connectivity index (χ2n) is 2.96. The summed E-state index contributed by atoms with van der Waals surface area (Å²) in [7, 11) is 0. The molecular weight excluding hydrogens is 219 g/mol. The molecular formula is C11H6Cl2O. The van der Waals surface area contributed by atoms with E-state index in [2.05, 4.69) is 0 Å². The highest BCUT2D eigenvalue weighted by Crippen LogP contribution is 2.30. The van der Waals surface area contributed by atoms with E-state index in [1.165, 1.54) is 0 Å². The highest BCUT2D eigenvalue weighted by atomic mass is 35.5. The van der Waals surface area contributed by atoms with Crippen LogP contribution in [0.5, 0.6) is 0 Å². The number of carbonyl (C=O) groups excluding carboxylic acids is 1. The lowest BCUT2D eigenvalue weighted by atomic mass is 10.1. The van der Waals surface area contributed by atoms with Gasteiger partial charge in [0, 0.05) is 16.0 Å². The van der Waals surface area contributed by atoms with Gasteiger partial charge in [-0.15, -0.1) is 0 Å². The fourth-order valence-corrected chi connectivity index (χ4v) is 2.09. The molecule has 0 aliphatic carbocycles. The maximum absolute atomic E-state index is 10.6. The lowest BCUT2D eigenvalue weighted by Crippen LogP contribution is -1.82. The third kappa shape index (κ3) is 1.49. The number of aldehydes is 1. The minimum absolute atomic E-state index is 0.509. The molecule has 0 unspecified atom stereocenters. The fourth-order valence-electron chi connectivity index (χ4n) is 1.42. The number of fused-ring (bicyclic) bond motifs is 1. The Bertz CT molecular complexity index is 506. The van der Waals surface area contributed by atoms with E-state index in [1.807, 2.05) is 12.1 Å². The average molecular weight is 225 g/mol. The second-order valence-corrected chi connectivity index (χ2v) is 3.77. The standard InChI is InChI=1S/C11H6Cl2O/c12-9-3-1-2-8-4-7(6-14)5-10(13)11(8)9/h1-6H. The quantitative estimate of drug-likeness (QED) is 0.671. The molecule has 0 fully saturated rings. The fraction of sp³-hybridized carbons (Fsp3) is 0. The summed E-state index contributed by atoms with van der Waals surface area (Å²) >= 11 is 12.0. The Balaban J connectivity index is 2.89. The van der Waals surface area contributed by atoms with Gasteiger partial charge in [0.25, 0.3) is 0 Å². The van der Waals surface area contributed by atoms with E-state index in [0.29, 0.717) is 15.6 Å². The first-order valence-electron chi connectivity index (χ1n) is 4.05. The van der Waals surface area contributed by atoms with Crippen LogP contribution in [0.1, 0.15) is 10.4 Å². The molecule has 0 atom stereocenters. The smallest absolute Gasteiger partial charge is 0.150 e. The lowest BCUT2D eigenvalue weighted by molar-refractivity contribution is 0.112. The molecule has 2 rings (SSSR count). The van der Waals surface area contributed by atoms with Crippen molar-refractivity contribution in [3.05, 3.63) is 45.9 Å². The first-order valence-corrected chi connectivity index (χ1v) is 4.81. The van der Waals surface area contributed by atoms with Crippen LogP contribution in [0.3, 0.4) is 0 Å². The van der Waals surface area contributed by atoms with Crippen molar-refractivity contribution in [1.29, 1.82) is 0 Å². The summed E-state index contributed by atoms with van der Waals surface area (Å²) in [5.41, 5.74) is 0.560. The topological polar surface area (TPSA) is 17.1 Å². The van der Waals surface area contributed by atoms with E-state index in [1.54, 1.807) is 18.2 Å². The monoisotopic (exact) mass is 224 g/mol. The zero-order valence-corrected chi connectivity index (χ0v) is 8.64. The SMILES string of the molecule is O=Cc1cc(Cl)c2c(Cl)cccc2c1. The second kappa shape index (κ2) is 3.60. The van der Waals surface area contributed by atoms with E-state index in [0.717, 1.165) is 17.1 Å². The van der Waals surface area contributed by atoms with Gasteiger partial charge < -0.3 is 0 Å². The number of hydrogen-bond acceptors (Lipinski definition) is 1. The predicted octanol–water partition coefficient (Wildman–Crippen LogP) is 3.96. The number of halogens is 2. The van der Waals surface area contributed by atoms with Crippen LogP contribution in [0.25, 0.3) is 10.8 Å². The van der Waals surface area contributed by atoms with E-state index < -0.39 is 0 Å². The summed E-state index contributed by atoms with van der Waals surface area (Å²) < 4.78 is 0. The maximum atomic E-state index is 10.6. The van der Waals surface area contributed by atoms with Crippen LogP contribution in [0, 0.1) is 0 Å². The average Bonchev–Trinajstić information content (AvgIpc) is 2.17. The summed E-state index contributed by atoms with van der Waals surface area (Å²) in [4.78, 5) is 10.6. The van der Waals surface area contributed by atoms with Crippen molar-refractivity contribution < 1.29 is 4.79 Å². The van der Waals surface area contributed by atoms with Gasteiger partial charge in [-0.2, -0.15) is 0 Å². The third-order valence-electron chi connectivity index (χ3n) is 2.04. The lowest BCUT2D eigenvalue weighted by Gasteiger charge is -2.03. The van der Waals surface area contributed by atoms with Crippen LogP contribution >= 0.6 is 23.2 Å². The first kappa shape index (κ1) is 9.50. The molecule has 0 saturated heterocycles. The van der Waals surface area contributed by atoms with Gasteiger partial charge in [0.05, 0.1) is 5.02 Å². The number of benzene rings is 2. The molecule has 0 N–H and O–H groups in total. The van der Waals surface area contributed by atoms with Crippen molar-refractivity contribution in [2.24, 2.45) is 0 Å². The van der Waals surface area contributed by atoms with Crippen molar-refractivity contribution >= 4 is 40.3 Å². The molecule has 0 spiro atoms. The molecule has 1 nitrogen and oxygen atoms in total. The number of hydrogen-bond donors (Lipinski definition) is 0. The molecule has 0 aliphatic heterocycles. The predicted molar refractivity (Wildman–Crippen MR) is 59.4 cm³/mol. The Hall–Kier alpha value is -1.05. The van der Waals surface area contributed by atoms with Gasteiger partial charge in [0.2, 0.25) is 0 Å². The van der Waals surface area contributed by atoms with Gasteiger partial charge in [-0.25, -0.2) is 0 Å². The Kier molecular flexibility index (Phi) is 2.44. The van der Waals surface area contributed by atoms with E-state index in [-0.39, 0.29) is 0 Å². The van der Waals surface area contributed by atoms with E-state index in [9.17, 15) is 4.79 Å². The van der Waals surface area contributed by atoms with E-state index >= 15 is 0 Å². The molecule has 0 bridgehead atoms. The highest BCUT2D eigenvalue weighted by Gasteiger charge is 2.04. The largest absolute Gasteiger partial charge is 0.298 e. The van der Waals surface area contributed by atoms with Crippen LogP contribution in [-0.2, 0) is 0 Å². The Labute approximate surface area is 91.2 Å². The van der Waals surface area contributed by atoms with Crippen LogP contribution in [0.4, 0.5) is 0 Å². The van der Waals surface area contributed by atoms with Gasteiger partial charge in [0.1, 0.15) is 6.29 Å². The molecule has 2 aromatic rings. The normalized spacial score (nSPS) is 10.4. The third-order valence-corrected chi connectivity index (χ3v) is 2.65. The molecule has 0 amide bonds. The summed E-state index contributed by atoms with van der Waals surface area (Å²) in [5, 5.41) is 2.79. The number of carbonyl (C=O) groups is 1. The van der Waals surface area contributed by atoms with Crippen molar-refractivity contribution in [3.63, 3.8) is 0 Å². The molecule has 0 saturated carbocycles. The Morgan fingerprint density at radius 1 is 1.07 bits per heavy atom. The van der Waals surface area contributed by atoms with Gasteiger partial charge >= 0.3 is 0 Å². The molecule has 70 valence electrons. The minimum atomic E-state index is 0.509. The molecule has 0 aromatic heterocycles. The first-order chi connectivity index (χ1) is 6.72. The molecule has 0 aliphatic rings. The zero-order valence-electron chi connectivity index (χ0n) is 7.13. The van der Waals surface area contributed by atoms with Crippen LogP contribution in [0.2, 0.25) is 10.0 Å². The molecule has 0 radical (unpaired) electrons. The summed E-state index contributed by atoms with van der Waals surface area (Å²) in [5.74, 6) is 0. The van der Waals surface area contributed by atoms with Gasteiger partial charge in [-0.05, 0) is 23.6 Å². The zero-order chi connectivity index (χ0) is 10.1. The number of rotatable bonds is 1. The molecule has 2 aromatic carbocycles. The molecule has 3 heteroatoms. The van der Waals surface area contributed by atoms with Gasteiger partial charge in [0.15, 0.2) is 0 Å². The maximum Gasteiger partial charge on any atom is 0.150 e. The van der Waals surface area contributed by atoms with Crippen LogP contribution < -0.4 is 0 Å². The van der Waals surface area contributed by atoms with E-state index in [4.69, 9.17) is 23.2 Å². The molecule has 14 heavy (non-hydrogen) atoms. The van der Waals surface area contributed by atoms with Crippen molar-refractivity contribution in [1.82, 2.24) is 0 Å². The van der Waals surface area contributed by atoms with Crippen LogP contribution in [-0.4, -0.2) is 6.29 Å². The summed E-state index contributed by atoms with van der Waals surface area (Å²) in [6.07, 6.45) is 0.770. The highest BCUT2D eigenvalue weighted by molar-refractivity contribution is 6.42. The van der Waals surface area contributed by atoms with Gasteiger partial charge in [-0.3, -0.25) is 4.79 Å². The van der Waals surface area contributed by atoms with Crippen molar-refractivity contribution in [2.75, 3.05) is 0 Å². The van der Waals surface area contributed by atoms with Gasteiger partial charge in [-0.1, -0.05) is 35.3 Å². The minimum Gasteiger partial charge on any atom is -0.298 e. The summed E-state index contributed by atoms with van der Waals surface area (Å²) in [6.45, 7) is 0. The van der Waals surface area contributed by atoms with Crippen LogP contribution in [0.15, 0.2) is 30.3 Å². The Morgan fingerprint density at radius 3 is 2.57 bits per heavy atom. The van der Waals surface area contributed by atoms with Crippen molar-refractivity contribution in [3.8, 4) is 0 Å². The molecule has 0 heterocycles. The summed E-state index contributed by atoms with van der Waals surface area (Å²) in [6, 6.07) is 8.86. The Morgan fingerprint density at radius 2 is 1.86 bits per heavy atom. The van der Waals surface area contributed by atoms with Crippen molar-refractivity contribution in [2.45, 2.75) is 0 Å².